The third-order valence-electron chi connectivity index (χ3n) is 3.20. The largest absolute Gasteiger partial charge is 0.389 e. The number of likely N-dealkylation sites (N-methyl/N-ethyl adjacent to an activating group) is 1. The van der Waals surface area contributed by atoms with Crippen molar-refractivity contribution >= 4 is 22.5 Å². The van der Waals surface area contributed by atoms with Gasteiger partial charge in [0.05, 0.1) is 11.1 Å². The molecule has 4 heteroatoms. The zero-order valence-electron chi connectivity index (χ0n) is 12.2. The van der Waals surface area contributed by atoms with Crippen molar-refractivity contribution < 1.29 is 5.11 Å². The molecule has 0 saturated heterocycles. The molecule has 1 aromatic heterocycles. The fraction of sp³-hybridized carbons (Fsp3) is 0.438. The second-order valence-electron chi connectivity index (χ2n) is 5.75. The molecule has 0 fully saturated rings. The molecule has 0 saturated carbocycles. The number of hydrogen-bond acceptors (Lipinski definition) is 3. The number of fused-ring (bicyclic) bond motifs is 1. The molecule has 0 spiro atoms. The molecule has 108 valence electrons. The number of aliphatic hydroxyl groups is 1. The van der Waals surface area contributed by atoms with E-state index in [-0.39, 0.29) is 0 Å². The number of para-hydroxylation sites is 1. The fourth-order valence-electron chi connectivity index (χ4n) is 2.31. The molecule has 1 heterocycles. The second-order valence-corrected chi connectivity index (χ2v) is 6.10. The van der Waals surface area contributed by atoms with Crippen LogP contribution in [0, 0.1) is 0 Å². The van der Waals surface area contributed by atoms with Crippen molar-refractivity contribution in [2.45, 2.75) is 32.9 Å². The average molecular weight is 293 g/mol. The maximum Gasteiger partial charge on any atom is 0.134 e. The van der Waals surface area contributed by atoms with Crippen molar-refractivity contribution in [1.29, 1.82) is 0 Å². The van der Waals surface area contributed by atoms with E-state index in [4.69, 9.17) is 11.6 Å². The number of nitrogens with zero attached hydrogens (tertiary/aromatic N) is 2. The van der Waals surface area contributed by atoms with Gasteiger partial charge in [0.15, 0.2) is 0 Å². The topological polar surface area (TPSA) is 36.4 Å². The summed E-state index contributed by atoms with van der Waals surface area (Å²) in [7, 11) is 0. The summed E-state index contributed by atoms with van der Waals surface area (Å²) < 4.78 is 0. The van der Waals surface area contributed by atoms with Gasteiger partial charge >= 0.3 is 0 Å². The van der Waals surface area contributed by atoms with E-state index >= 15 is 0 Å². The predicted octanol–water partition coefficient (Wildman–Crippen LogP) is 3.48. The van der Waals surface area contributed by atoms with Gasteiger partial charge in [-0.25, -0.2) is 4.98 Å². The molecule has 3 nitrogen and oxygen atoms in total. The minimum atomic E-state index is -0.716. The second kappa shape index (κ2) is 6.08. The van der Waals surface area contributed by atoms with Crippen LogP contribution >= 0.6 is 11.6 Å². The molecule has 0 radical (unpaired) electrons. The van der Waals surface area contributed by atoms with Gasteiger partial charge in [-0.1, -0.05) is 36.7 Å². The number of benzene rings is 1. The first-order valence-corrected chi connectivity index (χ1v) is 7.26. The van der Waals surface area contributed by atoms with Crippen molar-refractivity contribution in [2.75, 3.05) is 13.1 Å². The van der Waals surface area contributed by atoms with Gasteiger partial charge in [0.25, 0.3) is 0 Å². The predicted molar refractivity (Wildman–Crippen MR) is 84.0 cm³/mol. The lowest BCUT2D eigenvalue weighted by atomic mass is 10.1. The van der Waals surface area contributed by atoms with E-state index in [0.29, 0.717) is 18.2 Å². The molecule has 1 N–H and O–H groups in total. The van der Waals surface area contributed by atoms with Crippen LogP contribution in [0.3, 0.4) is 0 Å². The summed E-state index contributed by atoms with van der Waals surface area (Å²) in [6.45, 7) is 7.86. The Balaban J connectivity index is 2.25. The number of halogens is 1. The van der Waals surface area contributed by atoms with Gasteiger partial charge < -0.3 is 5.11 Å². The Hall–Kier alpha value is -1.16. The number of aromatic nitrogens is 1. The molecule has 2 rings (SSSR count). The van der Waals surface area contributed by atoms with Crippen LogP contribution in [0.4, 0.5) is 0 Å². The fourth-order valence-corrected chi connectivity index (χ4v) is 2.52. The zero-order chi connectivity index (χ0) is 14.8. The summed E-state index contributed by atoms with van der Waals surface area (Å²) in [4.78, 5) is 6.60. The Bertz CT molecular complexity index is 593. The first-order chi connectivity index (χ1) is 9.39. The Labute approximate surface area is 125 Å². The highest BCUT2D eigenvalue weighted by atomic mass is 35.5. The summed E-state index contributed by atoms with van der Waals surface area (Å²) in [5.74, 6) is 0. The lowest BCUT2D eigenvalue weighted by Crippen LogP contribution is -2.38. The molecular formula is C16H21ClN2O. The number of hydrogen-bond donors (Lipinski definition) is 1. The van der Waals surface area contributed by atoms with Gasteiger partial charge in [0.2, 0.25) is 0 Å². The molecule has 2 aromatic rings. The maximum atomic E-state index is 9.95. The van der Waals surface area contributed by atoms with E-state index in [9.17, 15) is 5.11 Å². The number of pyridine rings is 1. The average Bonchev–Trinajstić information content (AvgIpc) is 2.37. The molecule has 0 atom stereocenters. The van der Waals surface area contributed by atoms with Crippen molar-refractivity contribution in [3.05, 3.63) is 41.0 Å². The van der Waals surface area contributed by atoms with Crippen molar-refractivity contribution in [1.82, 2.24) is 9.88 Å². The Morgan fingerprint density at radius 1 is 1.30 bits per heavy atom. The highest BCUT2D eigenvalue weighted by Gasteiger charge is 2.18. The van der Waals surface area contributed by atoms with E-state index in [1.54, 1.807) is 0 Å². The summed E-state index contributed by atoms with van der Waals surface area (Å²) in [5.41, 5.74) is 1.19. The highest BCUT2D eigenvalue weighted by molar-refractivity contribution is 6.30. The van der Waals surface area contributed by atoms with Crippen LogP contribution < -0.4 is 0 Å². The van der Waals surface area contributed by atoms with Crippen LogP contribution in [0.15, 0.2) is 30.3 Å². The molecule has 0 amide bonds. The van der Waals surface area contributed by atoms with Gasteiger partial charge in [-0.2, -0.15) is 0 Å². The van der Waals surface area contributed by atoms with Gasteiger partial charge in [-0.15, -0.1) is 0 Å². The quantitative estimate of drug-likeness (QED) is 0.857. The summed E-state index contributed by atoms with van der Waals surface area (Å²) in [6, 6.07) is 10.0. The van der Waals surface area contributed by atoms with Crippen molar-refractivity contribution in [2.24, 2.45) is 0 Å². The summed E-state index contributed by atoms with van der Waals surface area (Å²) >= 11 is 6.28. The molecule has 0 unspecified atom stereocenters. The zero-order valence-corrected chi connectivity index (χ0v) is 13.0. The Kier molecular flexibility index (Phi) is 4.63. The molecule has 20 heavy (non-hydrogen) atoms. The van der Waals surface area contributed by atoms with E-state index in [1.807, 2.05) is 38.1 Å². The van der Waals surface area contributed by atoms with E-state index in [0.717, 1.165) is 23.0 Å². The first kappa shape index (κ1) is 15.2. The van der Waals surface area contributed by atoms with Gasteiger partial charge in [0.1, 0.15) is 5.15 Å². The molecule has 1 aromatic carbocycles. The minimum absolute atomic E-state index is 0.540. The van der Waals surface area contributed by atoms with Crippen LogP contribution in [0.1, 0.15) is 26.3 Å². The van der Waals surface area contributed by atoms with Gasteiger partial charge in [0, 0.05) is 24.0 Å². The normalized spacial score (nSPS) is 12.3. The first-order valence-electron chi connectivity index (χ1n) is 6.88. The third kappa shape index (κ3) is 3.92. The SMILES string of the molecule is CCN(Cc1cc2ccccc2nc1Cl)CC(C)(C)O. The monoisotopic (exact) mass is 292 g/mol. The summed E-state index contributed by atoms with van der Waals surface area (Å²) in [5, 5.41) is 11.6. The van der Waals surface area contributed by atoms with Crippen LogP contribution in [0.25, 0.3) is 10.9 Å². The van der Waals surface area contributed by atoms with Crippen molar-refractivity contribution in [3.63, 3.8) is 0 Å². The van der Waals surface area contributed by atoms with Crippen LogP contribution in [-0.4, -0.2) is 33.7 Å². The van der Waals surface area contributed by atoms with Crippen LogP contribution in [0.2, 0.25) is 5.15 Å². The lowest BCUT2D eigenvalue weighted by molar-refractivity contribution is 0.0353. The molecule has 0 bridgehead atoms. The minimum Gasteiger partial charge on any atom is -0.389 e. The molecule has 0 aliphatic rings. The molecule has 0 aliphatic heterocycles. The number of rotatable bonds is 5. The standard InChI is InChI=1S/C16H21ClN2O/c1-4-19(11-16(2,3)20)10-13-9-12-7-5-6-8-14(12)18-15(13)17/h5-9,20H,4,10-11H2,1-3H3. The molecule has 0 aliphatic carbocycles. The van der Waals surface area contributed by atoms with Gasteiger partial charge in [-0.3, -0.25) is 4.90 Å². The smallest absolute Gasteiger partial charge is 0.134 e. The maximum absolute atomic E-state index is 9.95. The Morgan fingerprint density at radius 3 is 2.65 bits per heavy atom. The highest BCUT2D eigenvalue weighted by Crippen LogP contribution is 2.22. The van der Waals surface area contributed by atoms with E-state index in [1.165, 1.54) is 0 Å². The van der Waals surface area contributed by atoms with E-state index in [2.05, 4.69) is 22.9 Å². The molecular weight excluding hydrogens is 272 g/mol. The lowest BCUT2D eigenvalue weighted by Gasteiger charge is -2.28. The van der Waals surface area contributed by atoms with Crippen LogP contribution in [0.5, 0.6) is 0 Å². The van der Waals surface area contributed by atoms with Gasteiger partial charge in [-0.05, 0) is 32.5 Å². The Morgan fingerprint density at radius 2 is 2.00 bits per heavy atom. The van der Waals surface area contributed by atoms with E-state index < -0.39 is 5.60 Å². The van der Waals surface area contributed by atoms with Crippen LogP contribution in [-0.2, 0) is 6.54 Å². The summed E-state index contributed by atoms with van der Waals surface area (Å²) in [6.07, 6.45) is 0. The third-order valence-corrected chi connectivity index (χ3v) is 3.53. The van der Waals surface area contributed by atoms with Crippen molar-refractivity contribution in [3.8, 4) is 0 Å².